The molecule has 0 spiro atoms. The Morgan fingerprint density at radius 3 is 2.61 bits per heavy atom. The number of nitrogens with zero attached hydrogens (tertiary/aromatic N) is 1. The van der Waals surface area contributed by atoms with Gasteiger partial charge in [0.05, 0.1) is 11.3 Å². The van der Waals surface area contributed by atoms with Crippen molar-refractivity contribution >= 4 is 17.5 Å². The number of nitrogen functional groups attached to an aromatic ring is 1. The largest absolute Gasteiger partial charge is 0.398 e. The van der Waals surface area contributed by atoms with E-state index >= 15 is 0 Å². The first-order chi connectivity index (χ1) is 8.49. The molecule has 0 radical (unpaired) electrons. The van der Waals surface area contributed by atoms with E-state index in [1.54, 1.807) is 12.1 Å². The van der Waals surface area contributed by atoms with Gasteiger partial charge >= 0.3 is 0 Å². The number of amides is 1. The molecule has 2 aromatic rings. The first kappa shape index (κ1) is 12.2. The number of nitrogens with two attached hydrogens (primary N) is 1. The van der Waals surface area contributed by atoms with Crippen LogP contribution in [-0.2, 0) is 0 Å². The second-order valence-corrected chi connectivity index (χ2v) is 4.27. The molecule has 1 heterocycles. The van der Waals surface area contributed by atoms with Gasteiger partial charge in [-0.3, -0.25) is 10.1 Å². The Balaban J connectivity index is 2.25. The molecule has 5 heteroatoms. The smallest absolute Gasteiger partial charge is 0.260 e. The fraction of sp³-hybridized carbons (Fsp3) is 0.231. The van der Waals surface area contributed by atoms with Crippen molar-refractivity contribution in [2.24, 2.45) is 0 Å². The Morgan fingerprint density at radius 2 is 2.06 bits per heavy atom. The molecule has 1 aromatic heterocycles. The summed E-state index contributed by atoms with van der Waals surface area (Å²) in [4.78, 5) is 12.0. The molecule has 0 unspecified atom stereocenters. The molecule has 0 saturated heterocycles. The second kappa shape index (κ2) is 4.52. The molecule has 0 aliphatic rings. The Labute approximate surface area is 105 Å². The summed E-state index contributed by atoms with van der Waals surface area (Å²) in [6.45, 7) is 5.57. The fourth-order valence-corrected chi connectivity index (χ4v) is 1.59. The highest BCUT2D eigenvalue weighted by Crippen LogP contribution is 2.20. The lowest BCUT2D eigenvalue weighted by Crippen LogP contribution is -2.14. The van der Waals surface area contributed by atoms with E-state index in [1.165, 1.54) is 0 Å². The molecule has 94 valence electrons. The van der Waals surface area contributed by atoms with Crippen LogP contribution < -0.4 is 11.1 Å². The quantitative estimate of drug-likeness (QED) is 0.796. The van der Waals surface area contributed by atoms with Crippen molar-refractivity contribution in [1.29, 1.82) is 0 Å². The Kier molecular flexibility index (Phi) is 3.06. The van der Waals surface area contributed by atoms with Gasteiger partial charge in [0, 0.05) is 11.3 Å². The van der Waals surface area contributed by atoms with Crippen molar-refractivity contribution in [3.05, 3.63) is 40.6 Å². The molecule has 18 heavy (non-hydrogen) atoms. The Hall–Kier alpha value is -2.30. The Bertz CT molecular complexity index is 602. The van der Waals surface area contributed by atoms with E-state index in [9.17, 15) is 4.79 Å². The molecule has 2 rings (SSSR count). The molecule has 0 bridgehead atoms. The summed E-state index contributed by atoms with van der Waals surface area (Å²) in [7, 11) is 0. The standard InChI is InChI=1S/C13H15N3O2/c1-7-4-5-10(11(14)6-7)12(17)15-13-8(2)9(3)16-18-13/h4-6H,14H2,1-3H3,(H,15,17). The molecule has 0 saturated carbocycles. The first-order valence-electron chi connectivity index (χ1n) is 5.59. The van der Waals surface area contributed by atoms with Gasteiger partial charge in [0.25, 0.3) is 5.91 Å². The van der Waals surface area contributed by atoms with Crippen molar-refractivity contribution < 1.29 is 9.32 Å². The van der Waals surface area contributed by atoms with Crippen LogP contribution in [0.4, 0.5) is 11.6 Å². The van der Waals surface area contributed by atoms with Gasteiger partial charge in [0.15, 0.2) is 0 Å². The number of aryl methyl sites for hydroxylation is 2. The molecular weight excluding hydrogens is 230 g/mol. The van der Waals surface area contributed by atoms with Crippen molar-refractivity contribution in [2.75, 3.05) is 11.1 Å². The van der Waals surface area contributed by atoms with E-state index in [2.05, 4.69) is 10.5 Å². The highest BCUT2D eigenvalue weighted by molar-refractivity contribution is 6.07. The highest BCUT2D eigenvalue weighted by atomic mass is 16.5. The summed E-state index contributed by atoms with van der Waals surface area (Å²) in [6, 6.07) is 5.29. The van der Waals surface area contributed by atoms with E-state index in [4.69, 9.17) is 10.3 Å². The van der Waals surface area contributed by atoms with Crippen molar-refractivity contribution in [1.82, 2.24) is 5.16 Å². The molecule has 0 fully saturated rings. The third kappa shape index (κ3) is 2.20. The van der Waals surface area contributed by atoms with Crippen LogP contribution in [0.15, 0.2) is 22.7 Å². The summed E-state index contributed by atoms with van der Waals surface area (Å²) in [5, 5.41) is 6.44. The fourth-order valence-electron chi connectivity index (χ4n) is 1.59. The van der Waals surface area contributed by atoms with Crippen LogP contribution >= 0.6 is 0 Å². The summed E-state index contributed by atoms with van der Waals surface area (Å²) in [5.74, 6) is 0.0595. The number of benzene rings is 1. The number of aromatic nitrogens is 1. The lowest BCUT2D eigenvalue weighted by atomic mass is 10.1. The molecule has 0 aliphatic carbocycles. The van der Waals surface area contributed by atoms with Gasteiger partial charge < -0.3 is 10.3 Å². The lowest BCUT2D eigenvalue weighted by molar-refractivity contribution is 0.102. The summed E-state index contributed by atoms with van der Waals surface area (Å²) in [6.07, 6.45) is 0. The van der Waals surface area contributed by atoms with Crippen LogP contribution in [0.2, 0.25) is 0 Å². The van der Waals surface area contributed by atoms with Gasteiger partial charge in [-0.15, -0.1) is 0 Å². The van der Waals surface area contributed by atoms with Crippen molar-refractivity contribution in [2.45, 2.75) is 20.8 Å². The minimum atomic E-state index is -0.299. The van der Waals surface area contributed by atoms with Crippen LogP contribution in [-0.4, -0.2) is 11.1 Å². The van der Waals surface area contributed by atoms with Gasteiger partial charge in [-0.25, -0.2) is 0 Å². The van der Waals surface area contributed by atoms with Crippen molar-refractivity contribution in [3.63, 3.8) is 0 Å². The SMILES string of the molecule is Cc1ccc(C(=O)Nc2onc(C)c2C)c(N)c1. The predicted molar refractivity (Wildman–Crippen MR) is 69.5 cm³/mol. The summed E-state index contributed by atoms with van der Waals surface area (Å²) in [5.41, 5.74) is 9.26. The van der Waals surface area contributed by atoms with Gasteiger partial charge in [0.1, 0.15) is 0 Å². The van der Waals surface area contributed by atoms with E-state index < -0.39 is 0 Å². The minimum absolute atomic E-state index is 0.299. The molecule has 1 aromatic carbocycles. The maximum atomic E-state index is 12.0. The van der Waals surface area contributed by atoms with Crippen LogP contribution in [0.5, 0.6) is 0 Å². The van der Waals surface area contributed by atoms with E-state index in [1.807, 2.05) is 26.8 Å². The molecule has 0 aliphatic heterocycles. The normalized spacial score (nSPS) is 10.4. The third-order valence-electron chi connectivity index (χ3n) is 2.84. The predicted octanol–water partition coefficient (Wildman–Crippen LogP) is 2.43. The highest BCUT2D eigenvalue weighted by Gasteiger charge is 2.15. The number of nitrogens with one attached hydrogen (secondary N) is 1. The lowest BCUT2D eigenvalue weighted by Gasteiger charge is -2.06. The topological polar surface area (TPSA) is 81.2 Å². The molecular formula is C13H15N3O2. The Morgan fingerprint density at radius 1 is 1.33 bits per heavy atom. The van der Waals surface area contributed by atoms with E-state index in [-0.39, 0.29) is 5.91 Å². The molecule has 3 N–H and O–H groups in total. The monoisotopic (exact) mass is 245 g/mol. The number of hydrogen-bond donors (Lipinski definition) is 2. The molecule has 5 nitrogen and oxygen atoms in total. The third-order valence-corrected chi connectivity index (χ3v) is 2.84. The van der Waals surface area contributed by atoms with Gasteiger partial charge in [-0.2, -0.15) is 0 Å². The van der Waals surface area contributed by atoms with Crippen LogP contribution in [0.25, 0.3) is 0 Å². The number of carbonyl (C=O) groups excluding carboxylic acids is 1. The zero-order valence-electron chi connectivity index (χ0n) is 10.6. The average molecular weight is 245 g/mol. The van der Waals surface area contributed by atoms with Gasteiger partial charge in [-0.1, -0.05) is 11.2 Å². The zero-order chi connectivity index (χ0) is 13.3. The number of anilines is 2. The molecule has 0 atom stereocenters. The number of carbonyl (C=O) groups is 1. The van der Waals surface area contributed by atoms with Crippen LogP contribution in [0.3, 0.4) is 0 Å². The van der Waals surface area contributed by atoms with Gasteiger partial charge in [0.2, 0.25) is 5.88 Å². The number of hydrogen-bond acceptors (Lipinski definition) is 4. The van der Waals surface area contributed by atoms with Crippen LogP contribution in [0.1, 0.15) is 27.2 Å². The minimum Gasteiger partial charge on any atom is -0.398 e. The second-order valence-electron chi connectivity index (χ2n) is 4.27. The maximum Gasteiger partial charge on any atom is 0.260 e. The average Bonchev–Trinajstić information content (AvgIpc) is 2.61. The molecule has 1 amide bonds. The number of rotatable bonds is 2. The summed E-state index contributed by atoms with van der Waals surface area (Å²) >= 11 is 0. The zero-order valence-corrected chi connectivity index (χ0v) is 10.6. The van der Waals surface area contributed by atoms with E-state index in [0.29, 0.717) is 17.1 Å². The summed E-state index contributed by atoms with van der Waals surface area (Å²) < 4.78 is 5.03. The maximum absolute atomic E-state index is 12.0. The van der Waals surface area contributed by atoms with E-state index in [0.717, 1.165) is 16.8 Å². The van der Waals surface area contributed by atoms with Crippen LogP contribution in [0, 0.1) is 20.8 Å². The first-order valence-corrected chi connectivity index (χ1v) is 5.59. The van der Waals surface area contributed by atoms with Crippen molar-refractivity contribution in [3.8, 4) is 0 Å². The van der Waals surface area contributed by atoms with Gasteiger partial charge in [-0.05, 0) is 38.5 Å².